The van der Waals surface area contributed by atoms with Gasteiger partial charge in [0, 0.05) is 0 Å². The minimum atomic E-state index is -0.113. The Morgan fingerprint density at radius 2 is 1.90 bits per heavy atom. The van der Waals surface area contributed by atoms with Crippen molar-refractivity contribution in [2.45, 2.75) is 39.0 Å². The van der Waals surface area contributed by atoms with Crippen LogP contribution in [0, 0.1) is 11.7 Å². The quantitative estimate of drug-likeness (QED) is 0.710. The normalized spacial score (nSPS) is 18.9. The van der Waals surface area contributed by atoms with Crippen LogP contribution in [0.15, 0.2) is 42.5 Å². The Bertz CT molecular complexity index is 615. The Morgan fingerprint density at radius 3 is 2.70 bits per heavy atom. The summed E-state index contributed by atoms with van der Waals surface area (Å²) in [6.07, 6.45) is 3.04. The lowest BCUT2D eigenvalue weighted by Crippen LogP contribution is -2.12. The summed E-state index contributed by atoms with van der Waals surface area (Å²) in [6, 6.07) is 14.0. The molecular weight excluding hydrogens is 247 g/mol. The monoisotopic (exact) mass is 268 g/mol. The summed E-state index contributed by atoms with van der Waals surface area (Å²) < 4.78 is 13.6. The van der Waals surface area contributed by atoms with E-state index < -0.39 is 0 Å². The van der Waals surface area contributed by atoms with Crippen LogP contribution in [-0.2, 0) is 12.8 Å². The van der Waals surface area contributed by atoms with E-state index in [0.717, 1.165) is 19.3 Å². The summed E-state index contributed by atoms with van der Waals surface area (Å²) in [4.78, 5) is 0. The Morgan fingerprint density at radius 1 is 1.10 bits per heavy atom. The SMILES string of the molecule is CCC(C)C1Cc2cc(F)ccc2Cc2ccccc21. The third-order valence-electron chi connectivity index (χ3n) is 4.77. The number of hydrogen-bond donors (Lipinski definition) is 0. The Labute approximate surface area is 120 Å². The lowest BCUT2D eigenvalue weighted by molar-refractivity contribution is 0.442. The van der Waals surface area contributed by atoms with Crippen LogP contribution >= 0.6 is 0 Å². The molecule has 0 N–H and O–H groups in total. The van der Waals surface area contributed by atoms with Crippen LogP contribution in [0.5, 0.6) is 0 Å². The second-order valence-corrected chi connectivity index (χ2v) is 5.98. The molecule has 0 saturated heterocycles. The van der Waals surface area contributed by atoms with Crippen LogP contribution in [0.25, 0.3) is 0 Å². The molecule has 0 fully saturated rings. The van der Waals surface area contributed by atoms with Crippen molar-refractivity contribution < 1.29 is 4.39 Å². The zero-order valence-electron chi connectivity index (χ0n) is 12.2. The predicted molar refractivity (Wildman–Crippen MR) is 81.5 cm³/mol. The highest BCUT2D eigenvalue weighted by Crippen LogP contribution is 2.37. The van der Waals surface area contributed by atoms with E-state index in [9.17, 15) is 4.39 Å². The molecule has 0 aromatic heterocycles. The van der Waals surface area contributed by atoms with E-state index in [1.807, 2.05) is 6.07 Å². The molecular formula is C19H21F. The highest BCUT2D eigenvalue weighted by molar-refractivity contribution is 5.43. The largest absolute Gasteiger partial charge is 0.207 e. The Balaban J connectivity index is 2.12. The molecule has 0 spiro atoms. The minimum Gasteiger partial charge on any atom is -0.207 e. The van der Waals surface area contributed by atoms with Crippen LogP contribution in [0.1, 0.15) is 48.4 Å². The second-order valence-electron chi connectivity index (χ2n) is 5.98. The van der Waals surface area contributed by atoms with Crippen LogP contribution < -0.4 is 0 Å². The molecule has 0 radical (unpaired) electrons. The molecule has 3 rings (SSSR count). The van der Waals surface area contributed by atoms with Gasteiger partial charge in [0.15, 0.2) is 0 Å². The van der Waals surface area contributed by atoms with Crippen molar-refractivity contribution in [3.8, 4) is 0 Å². The van der Waals surface area contributed by atoms with E-state index in [1.165, 1.54) is 22.3 Å². The van der Waals surface area contributed by atoms with Crippen molar-refractivity contribution in [1.29, 1.82) is 0 Å². The zero-order valence-corrected chi connectivity index (χ0v) is 12.2. The fourth-order valence-corrected chi connectivity index (χ4v) is 3.36. The van der Waals surface area contributed by atoms with Crippen LogP contribution in [0.2, 0.25) is 0 Å². The standard InChI is InChI=1S/C19H21F/c1-3-13(2)19-12-16-11-17(20)9-8-14(16)10-15-6-4-5-7-18(15)19/h4-9,11,13,19H,3,10,12H2,1-2H3. The fraction of sp³-hybridized carbons (Fsp3) is 0.368. The number of fused-ring (bicyclic) bond motifs is 2. The van der Waals surface area contributed by atoms with Gasteiger partial charge < -0.3 is 0 Å². The molecule has 2 atom stereocenters. The van der Waals surface area contributed by atoms with Crippen LogP contribution in [0.3, 0.4) is 0 Å². The number of benzene rings is 2. The highest BCUT2D eigenvalue weighted by Gasteiger charge is 2.25. The van der Waals surface area contributed by atoms with Gasteiger partial charge in [-0.2, -0.15) is 0 Å². The van der Waals surface area contributed by atoms with Gasteiger partial charge in [-0.05, 0) is 59.1 Å². The third-order valence-corrected chi connectivity index (χ3v) is 4.77. The van der Waals surface area contributed by atoms with Gasteiger partial charge in [-0.1, -0.05) is 50.6 Å². The van der Waals surface area contributed by atoms with Gasteiger partial charge in [-0.3, -0.25) is 0 Å². The molecule has 20 heavy (non-hydrogen) atoms. The molecule has 0 aliphatic heterocycles. The summed E-state index contributed by atoms with van der Waals surface area (Å²) in [6.45, 7) is 4.55. The first-order valence-electron chi connectivity index (χ1n) is 7.54. The van der Waals surface area contributed by atoms with Gasteiger partial charge in [0.1, 0.15) is 5.82 Å². The zero-order chi connectivity index (χ0) is 14.1. The summed E-state index contributed by atoms with van der Waals surface area (Å²) in [5.74, 6) is 1.00. The fourth-order valence-electron chi connectivity index (χ4n) is 3.36. The first kappa shape index (κ1) is 13.4. The molecule has 0 nitrogen and oxygen atoms in total. The summed E-state index contributed by atoms with van der Waals surface area (Å²) >= 11 is 0. The average molecular weight is 268 g/mol. The van der Waals surface area contributed by atoms with Gasteiger partial charge in [-0.15, -0.1) is 0 Å². The Kier molecular flexibility index (Phi) is 3.60. The first-order chi connectivity index (χ1) is 9.69. The molecule has 2 unspecified atom stereocenters. The maximum atomic E-state index is 13.6. The topological polar surface area (TPSA) is 0 Å². The van der Waals surface area contributed by atoms with Gasteiger partial charge in [0.2, 0.25) is 0 Å². The highest BCUT2D eigenvalue weighted by atomic mass is 19.1. The van der Waals surface area contributed by atoms with Crippen molar-refractivity contribution in [3.05, 3.63) is 70.5 Å². The Hall–Kier alpha value is -1.63. The van der Waals surface area contributed by atoms with Crippen LogP contribution in [-0.4, -0.2) is 0 Å². The summed E-state index contributed by atoms with van der Waals surface area (Å²) in [7, 11) is 0. The second kappa shape index (κ2) is 5.40. The van der Waals surface area contributed by atoms with E-state index in [2.05, 4.69) is 38.1 Å². The van der Waals surface area contributed by atoms with Crippen molar-refractivity contribution in [2.75, 3.05) is 0 Å². The van der Waals surface area contributed by atoms with E-state index in [0.29, 0.717) is 11.8 Å². The molecule has 0 saturated carbocycles. The molecule has 104 valence electrons. The molecule has 1 aliphatic carbocycles. The van der Waals surface area contributed by atoms with Crippen molar-refractivity contribution >= 4 is 0 Å². The van der Waals surface area contributed by atoms with E-state index in [-0.39, 0.29) is 5.82 Å². The maximum Gasteiger partial charge on any atom is 0.123 e. The molecule has 1 aliphatic rings. The van der Waals surface area contributed by atoms with E-state index >= 15 is 0 Å². The minimum absolute atomic E-state index is 0.113. The van der Waals surface area contributed by atoms with Crippen molar-refractivity contribution in [1.82, 2.24) is 0 Å². The molecule has 0 heterocycles. The maximum absolute atomic E-state index is 13.6. The molecule has 1 heteroatoms. The lowest BCUT2D eigenvalue weighted by Gasteiger charge is -2.24. The number of hydrogen-bond acceptors (Lipinski definition) is 0. The molecule has 2 aromatic carbocycles. The van der Waals surface area contributed by atoms with E-state index in [4.69, 9.17) is 0 Å². The summed E-state index contributed by atoms with van der Waals surface area (Å²) in [5.41, 5.74) is 5.33. The average Bonchev–Trinajstić information content (AvgIpc) is 2.63. The van der Waals surface area contributed by atoms with Crippen molar-refractivity contribution in [2.24, 2.45) is 5.92 Å². The van der Waals surface area contributed by atoms with Gasteiger partial charge >= 0.3 is 0 Å². The molecule has 2 aromatic rings. The third kappa shape index (κ3) is 2.37. The van der Waals surface area contributed by atoms with Crippen molar-refractivity contribution in [3.63, 3.8) is 0 Å². The van der Waals surface area contributed by atoms with Gasteiger partial charge in [-0.25, -0.2) is 4.39 Å². The number of halogens is 1. The van der Waals surface area contributed by atoms with Gasteiger partial charge in [0.05, 0.1) is 0 Å². The number of rotatable bonds is 2. The van der Waals surface area contributed by atoms with E-state index in [1.54, 1.807) is 12.1 Å². The molecule has 0 amide bonds. The first-order valence-corrected chi connectivity index (χ1v) is 7.54. The van der Waals surface area contributed by atoms with Crippen LogP contribution in [0.4, 0.5) is 4.39 Å². The summed E-state index contributed by atoms with van der Waals surface area (Å²) in [5, 5.41) is 0. The van der Waals surface area contributed by atoms with Gasteiger partial charge in [0.25, 0.3) is 0 Å². The predicted octanol–water partition coefficient (Wildman–Crippen LogP) is 5.10. The smallest absolute Gasteiger partial charge is 0.123 e. The lowest BCUT2D eigenvalue weighted by atomic mass is 9.81. The molecule has 0 bridgehead atoms.